The van der Waals surface area contributed by atoms with Gasteiger partial charge in [-0.25, -0.2) is 4.68 Å². The Balaban J connectivity index is 2.34. The molecule has 1 aromatic rings. The summed E-state index contributed by atoms with van der Waals surface area (Å²) in [6.07, 6.45) is 0. The van der Waals surface area contributed by atoms with E-state index < -0.39 is 25.3 Å². The standard InChI is InChI=1S/C9H15BBrN3O2/c1-8(2)9(3,4)16-10(15-8)6-7(11)14(5)13-12-6/h1-5H3/i5D3. The van der Waals surface area contributed by atoms with Gasteiger partial charge in [-0.05, 0) is 43.6 Å². The predicted octanol–water partition coefficient (Wildman–Crippen LogP) is 0.877. The van der Waals surface area contributed by atoms with E-state index >= 15 is 0 Å². The van der Waals surface area contributed by atoms with Crippen LogP contribution < -0.4 is 5.59 Å². The maximum Gasteiger partial charge on any atom is 0.519 e. The van der Waals surface area contributed by atoms with Gasteiger partial charge in [0.25, 0.3) is 0 Å². The van der Waals surface area contributed by atoms with Crippen molar-refractivity contribution in [2.24, 2.45) is 6.98 Å². The van der Waals surface area contributed by atoms with Gasteiger partial charge in [-0.15, -0.1) is 5.10 Å². The molecule has 7 heteroatoms. The summed E-state index contributed by atoms with van der Waals surface area (Å²) >= 11 is 3.19. The van der Waals surface area contributed by atoms with E-state index in [1.807, 2.05) is 27.7 Å². The van der Waals surface area contributed by atoms with Gasteiger partial charge in [0.15, 0.2) is 0 Å². The molecule has 16 heavy (non-hydrogen) atoms. The number of halogens is 1. The third-order valence-electron chi connectivity index (χ3n) is 3.12. The highest BCUT2D eigenvalue weighted by molar-refractivity contribution is 9.10. The van der Waals surface area contributed by atoms with Gasteiger partial charge >= 0.3 is 7.12 Å². The van der Waals surface area contributed by atoms with Gasteiger partial charge < -0.3 is 9.31 Å². The number of hydrogen-bond acceptors (Lipinski definition) is 4. The summed E-state index contributed by atoms with van der Waals surface area (Å²) in [5.41, 5.74) is -0.698. The molecule has 5 nitrogen and oxygen atoms in total. The summed E-state index contributed by atoms with van der Waals surface area (Å²) in [6.45, 7) is 5.25. The van der Waals surface area contributed by atoms with Crippen LogP contribution in [0.1, 0.15) is 31.8 Å². The minimum atomic E-state index is -2.40. The van der Waals surface area contributed by atoms with Crippen molar-refractivity contribution < 1.29 is 13.4 Å². The Morgan fingerprint density at radius 3 is 2.31 bits per heavy atom. The van der Waals surface area contributed by atoms with E-state index in [0.717, 1.165) is 4.68 Å². The molecule has 0 N–H and O–H groups in total. The molecule has 0 radical (unpaired) electrons. The molecule has 1 aliphatic heterocycles. The minimum absolute atomic E-state index is 0.242. The average molecular weight is 291 g/mol. The van der Waals surface area contributed by atoms with Crippen LogP contribution in [0.15, 0.2) is 4.60 Å². The van der Waals surface area contributed by atoms with Gasteiger partial charge in [-0.2, -0.15) is 0 Å². The van der Waals surface area contributed by atoms with Crippen LogP contribution in [0, 0.1) is 0 Å². The first kappa shape index (κ1) is 8.66. The fourth-order valence-electron chi connectivity index (χ4n) is 1.38. The smallest absolute Gasteiger partial charge is 0.398 e. The zero-order valence-corrected chi connectivity index (χ0v) is 11.2. The first-order valence-corrected chi connectivity index (χ1v) is 5.72. The molecule has 1 fully saturated rings. The molecular weight excluding hydrogens is 273 g/mol. The molecular formula is C9H15BBrN3O2. The Kier molecular flexibility index (Phi) is 1.92. The third kappa shape index (κ3) is 1.71. The van der Waals surface area contributed by atoms with Gasteiger partial charge in [0.2, 0.25) is 0 Å². The second-order valence-electron chi connectivity index (χ2n) is 4.77. The number of nitrogens with zero attached hydrogens (tertiary/aromatic N) is 3. The lowest BCUT2D eigenvalue weighted by molar-refractivity contribution is 0.00578. The van der Waals surface area contributed by atoms with Crippen LogP contribution in [0.25, 0.3) is 0 Å². The van der Waals surface area contributed by atoms with E-state index in [9.17, 15) is 0 Å². The second kappa shape index (κ2) is 3.55. The molecule has 0 unspecified atom stereocenters. The van der Waals surface area contributed by atoms with Gasteiger partial charge in [-0.3, -0.25) is 0 Å². The van der Waals surface area contributed by atoms with E-state index in [2.05, 4.69) is 26.2 Å². The van der Waals surface area contributed by atoms with Crippen molar-refractivity contribution in [1.82, 2.24) is 15.0 Å². The van der Waals surface area contributed by atoms with Gasteiger partial charge in [0.1, 0.15) is 10.2 Å². The predicted molar refractivity (Wildman–Crippen MR) is 64.4 cm³/mol. The van der Waals surface area contributed by atoms with Gasteiger partial charge in [0, 0.05) is 11.1 Å². The van der Waals surface area contributed by atoms with E-state index in [4.69, 9.17) is 13.4 Å². The SMILES string of the molecule is [2H]C([2H])([2H])n1nnc(B2OC(C)(C)C(C)(C)O2)c1Br. The van der Waals surface area contributed by atoms with Crippen LogP contribution in [0.4, 0.5) is 0 Å². The van der Waals surface area contributed by atoms with Gasteiger partial charge in [-0.1, -0.05) is 5.21 Å². The summed E-state index contributed by atoms with van der Waals surface area (Å²) < 4.78 is 34.7. The number of aryl methyl sites for hydroxylation is 1. The largest absolute Gasteiger partial charge is 0.519 e. The van der Waals surface area contributed by atoms with Crippen LogP contribution in [0.5, 0.6) is 0 Å². The third-order valence-corrected chi connectivity index (χ3v) is 3.86. The molecule has 2 rings (SSSR count). The molecule has 0 spiro atoms. The number of hydrogen-bond donors (Lipinski definition) is 0. The fraction of sp³-hybridized carbons (Fsp3) is 0.778. The zero-order chi connectivity index (χ0) is 14.6. The fourth-order valence-corrected chi connectivity index (χ4v) is 1.72. The average Bonchev–Trinajstić information content (AvgIpc) is 2.65. The summed E-state index contributed by atoms with van der Waals surface area (Å²) in [7, 11) is -0.740. The highest BCUT2D eigenvalue weighted by atomic mass is 79.9. The molecule has 0 saturated carbocycles. The van der Waals surface area contributed by atoms with Crippen LogP contribution in [-0.2, 0) is 16.3 Å². The molecule has 2 heterocycles. The molecule has 1 aromatic heterocycles. The van der Waals surface area contributed by atoms with E-state index in [-0.39, 0.29) is 4.60 Å². The Bertz CT molecular complexity index is 487. The number of rotatable bonds is 1. The van der Waals surface area contributed by atoms with E-state index in [1.54, 1.807) is 0 Å². The molecule has 0 aliphatic carbocycles. The Morgan fingerprint density at radius 1 is 1.31 bits per heavy atom. The normalized spacial score (nSPS) is 26.3. The van der Waals surface area contributed by atoms with Crippen molar-refractivity contribution in [2.45, 2.75) is 38.9 Å². The van der Waals surface area contributed by atoms with Crippen LogP contribution in [-0.4, -0.2) is 33.3 Å². The first-order chi connectivity index (χ1) is 8.46. The Morgan fingerprint density at radius 2 is 1.88 bits per heavy atom. The van der Waals surface area contributed by atoms with Crippen LogP contribution in [0.2, 0.25) is 0 Å². The summed E-state index contributed by atoms with van der Waals surface area (Å²) in [5.74, 6) is 0. The monoisotopic (exact) mass is 290 g/mol. The molecule has 1 aliphatic rings. The maximum atomic E-state index is 7.34. The lowest BCUT2D eigenvalue weighted by Crippen LogP contribution is -2.41. The van der Waals surface area contributed by atoms with Crippen molar-refractivity contribution in [1.29, 1.82) is 0 Å². The Hall–Kier alpha value is -0.395. The van der Waals surface area contributed by atoms with Crippen LogP contribution >= 0.6 is 15.9 Å². The summed E-state index contributed by atoms with van der Waals surface area (Å²) in [6, 6.07) is 0. The van der Waals surface area contributed by atoms with Crippen molar-refractivity contribution in [3.05, 3.63) is 4.60 Å². The Labute approximate surface area is 108 Å². The maximum absolute atomic E-state index is 7.34. The minimum Gasteiger partial charge on any atom is -0.398 e. The topological polar surface area (TPSA) is 49.2 Å². The lowest BCUT2D eigenvalue weighted by Gasteiger charge is -2.32. The zero-order valence-electron chi connectivity index (χ0n) is 12.6. The van der Waals surface area contributed by atoms with Crippen molar-refractivity contribution in [2.75, 3.05) is 0 Å². The van der Waals surface area contributed by atoms with Gasteiger partial charge in [0.05, 0.1) is 11.2 Å². The summed E-state index contributed by atoms with van der Waals surface area (Å²) in [5, 5.41) is 7.48. The van der Waals surface area contributed by atoms with Crippen LogP contribution in [0.3, 0.4) is 0 Å². The van der Waals surface area contributed by atoms with Crippen molar-refractivity contribution in [3.8, 4) is 0 Å². The van der Waals surface area contributed by atoms with E-state index in [1.165, 1.54) is 0 Å². The molecule has 0 atom stereocenters. The summed E-state index contributed by atoms with van der Waals surface area (Å²) in [4.78, 5) is 0. The second-order valence-corrected chi connectivity index (χ2v) is 5.52. The highest BCUT2D eigenvalue weighted by Crippen LogP contribution is 2.36. The quantitative estimate of drug-likeness (QED) is 0.721. The van der Waals surface area contributed by atoms with Crippen molar-refractivity contribution in [3.63, 3.8) is 0 Å². The molecule has 0 aromatic carbocycles. The van der Waals surface area contributed by atoms with Crippen molar-refractivity contribution >= 4 is 28.6 Å². The molecule has 0 bridgehead atoms. The molecule has 1 saturated heterocycles. The molecule has 0 amide bonds. The number of aromatic nitrogens is 3. The lowest BCUT2D eigenvalue weighted by atomic mass is 9.86. The first-order valence-electron chi connectivity index (χ1n) is 6.43. The molecule has 88 valence electrons. The highest BCUT2D eigenvalue weighted by Gasteiger charge is 2.53. The van der Waals surface area contributed by atoms with E-state index in [0.29, 0.717) is 5.59 Å².